The van der Waals surface area contributed by atoms with E-state index < -0.39 is 0 Å². The largest absolute Gasteiger partial charge is 0.369 e. The maximum atomic E-state index is 4.33. The molecule has 0 radical (unpaired) electrons. The fraction of sp³-hybridized carbons (Fsp3) is 0.583. The lowest BCUT2D eigenvalue weighted by Crippen LogP contribution is -2.14. The fourth-order valence-corrected chi connectivity index (χ4v) is 2.13. The van der Waals surface area contributed by atoms with E-state index in [0.29, 0.717) is 0 Å². The molecule has 1 aromatic heterocycles. The van der Waals surface area contributed by atoms with Gasteiger partial charge < -0.3 is 5.32 Å². The van der Waals surface area contributed by atoms with Gasteiger partial charge in [-0.05, 0) is 59.2 Å². The van der Waals surface area contributed by atoms with Crippen molar-refractivity contribution in [3.05, 3.63) is 22.3 Å². The quantitative estimate of drug-likeness (QED) is 0.903. The molecule has 0 aliphatic heterocycles. The summed E-state index contributed by atoms with van der Waals surface area (Å²) in [6, 6.07) is 2.01. The van der Waals surface area contributed by atoms with Crippen molar-refractivity contribution in [3.63, 3.8) is 0 Å². The molecule has 2 nitrogen and oxygen atoms in total. The van der Waals surface area contributed by atoms with Gasteiger partial charge in [0.15, 0.2) is 0 Å². The molecular formula is C12H17BrN2. The minimum absolute atomic E-state index is 0.763. The average molecular weight is 269 g/mol. The molecule has 1 heterocycles. The topological polar surface area (TPSA) is 24.9 Å². The number of aromatic nitrogens is 1. The van der Waals surface area contributed by atoms with Crippen LogP contribution in [0, 0.1) is 18.8 Å². The highest BCUT2D eigenvalue weighted by Gasteiger charge is 2.27. The molecule has 82 valence electrons. The van der Waals surface area contributed by atoms with Crippen molar-refractivity contribution in [1.29, 1.82) is 0 Å². The van der Waals surface area contributed by atoms with Gasteiger partial charge in [-0.2, -0.15) is 0 Å². The van der Waals surface area contributed by atoms with Crippen LogP contribution in [-0.4, -0.2) is 11.5 Å². The Morgan fingerprint density at radius 2 is 2.33 bits per heavy atom. The number of hydrogen-bond acceptors (Lipinski definition) is 2. The standard InChI is InChI=1S/C12H17BrN2/c1-8-5-6-14-12(11(8)13)15-7-9(2)10-3-4-10/h5-6,9-10H,3-4,7H2,1-2H3,(H,14,15). The number of aryl methyl sites for hydroxylation is 1. The van der Waals surface area contributed by atoms with E-state index in [4.69, 9.17) is 0 Å². The SMILES string of the molecule is Cc1ccnc(NCC(C)C2CC2)c1Br. The Kier molecular flexibility index (Phi) is 3.29. The summed E-state index contributed by atoms with van der Waals surface area (Å²) in [4.78, 5) is 4.33. The highest BCUT2D eigenvalue weighted by Crippen LogP contribution is 2.36. The first kappa shape index (κ1) is 10.9. The molecule has 1 aromatic rings. The maximum Gasteiger partial charge on any atom is 0.140 e. The predicted octanol–water partition coefficient (Wildman–Crippen LogP) is 3.61. The van der Waals surface area contributed by atoms with Gasteiger partial charge in [0.2, 0.25) is 0 Å². The lowest BCUT2D eigenvalue weighted by Gasteiger charge is -2.13. The second-order valence-corrected chi connectivity index (χ2v) is 5.28. The van der Waals surface area contributed by atoms with Crippen molar-refractivity contribution in [2.45, 2.75) is 26.7 Å². The number of pyridine rings is 1. The van der Waals surface area contributed by atoms with E-state index in [1.807, 2.05) is 12.3 Å². The first-order valence-corrected chi connectivity index (χ1v) is 6.32. The zero-order valence-electron chi connectivity index (χ0n) is 9.26. The van der Waals surface area contributed by atoms with Gasteiger partial charge in [-0.25, -0.2) is 4.98 Å². The van der Waals surface area contributed by atoms with Crippen LogP contribution in [-0.2, 0) is 0 Å². The van der Waals surface area contributed by atoms with E-state index in [1.54, 1.807) is 0 Å². The smallest absolute Gasteiger partial charge is 0.140 e. The third kappa shape index (κ3) is 2.71. The van der Waals surface area contributed by atoms with Gasteiger partial charge in [0.25, 0.3) is 0 Å². The average Bonchev–Trinajstić information content (AvgIpc) is 3.03. The summed E-state index contributed by atoms with van der Waals surface area (Å²) in [6.07, 6.45) is 4.67. The van der Waals surface area contributed by atoms with E-state index >= 15 is 0 Å². The molecule has 0 aromatic carbocycles. The van der Waals surface area contributed by atoms with E-state index in [2.05, 4.69) is 40.1 Å². The van der Waals surface area contributed by atoms with Gasteiger partial charge in [0.1, 0.15) is 5.82 Å². The molecule has 1 N–H and O–H groups in total. The third-order valence-corrected chi connectivity index (χ3v) is 4.10. The van der Waals surface area contributed by atoms with Crippen molar-refractivity contribution in [2.75, 3.05) is 11.9 Å². The molecule has 15 heavy (non-hydrogen) atoms. The summed E-state index contributed by atoms with van der Waals surface area (Å²) >= 11 is 3.56. The lowest BCUT2D eigenvalue weighted by atomic mass is 10.1. The van der Waals surface area contributed by atoms with Gasteiger partial charge in [-0.3, -0.25) is 0 Å². The van der Waals surface area contributed by atoms with E-state index in [0.717, 1.165) is 28.7 Å². The monoisotopic (exact) mass is 268 g/mol. The fourth-order valence-electron chi connectivity index (χ4n) is 1.75. The molecule has 1 aliphatic carbocycles. The lowest BCUT2D eigenvalue weighted by molar-refractivity contribution is 0.536. The molecule has 0 amide bonds. The zero-order valence-corrected chi connectivity index (χ0v) is 10.8. The molecule has 2 rings (SSSR count). The van der Waals surface area contributed by atoms with Gasteiger partial charge in [-0.1, -0.05) is 6.92 Å². The molecule has 1 unspecified atom stereocenters. The van der Waals surface area contributed by atoms with Crippen LogP contribution in [0.4, 0.5) is 5.82 Å². The number of hydrogen-bond donors (Lipinski definition) is 1. The number of nitrogens with one attached hydrogen (secondary N) is 1. The Morgan fingerprint density at radius 3 is 3.00 bits per heavy atom. The second-order valence-electron chi connectivity index (χ2n) is 4.49. The molecule has 1 fully saturated rings. The van der Waals surface area contributed by atoms with Crippen LogP contribution >= 0.6 is 15.9 Å². The minimum Gasteiger partial charge on any atom is -0.369 e. The molecule has 3 heteroatoms. The zero-order chi connectivity index (χ0) is 10.8. The third-order valence-electron chi connectivity index (χ3n) is 3.10. The molecule has 1 saturated carbocycles. The highest BCUT2D eigenvalue weighted by atomic mass is 79.9. The summed E-state index contributed by atoms with van der Waals surface area (Å²) in [7, 11) is 0. The molecular weight excluding hydrogens is 252 g/mol. The Bertz CT molecular complexity index is 347. The number of anilines is 1. The Labute approximate surface area is 99.6 Å². The Hall–Kier alpha value is -0.570. The van der Waals surface area contributed by atoms with Crippen molar-refractivity contribution < 1.29 is 0 Å². The van der Waals surface area contributed by atoms with Crippen molar-refractivity contribution in [3.8, 4) is 0 Å². The van der Waals surface area contributed by atoms with Crippen LogP contribution in [0.15, 0.2) is 16.7 Å². The van der Waals surface area contributed by atoms with Crippen molar-refractivity contribution >= 4 is 21.7 Å². The Balaban J connectivity index is 1.95. The maximum absolute atomic E-state index is 4.33. The summed E-state index contributed by atoms with van der Waals surface area (Å²) in [6.45, 7) is 5.43. The molecule has 1 aliphatic rings. The highest BCUT2D eigenvalue weighted by molar-refractivity contribution is 9.10. The normalized spacial score (nSPS) is 17.5. The summed E-state index contributed by atoms with van der Waals surface area (Å²) < 4.78 is 1.09. The van der Waals surface area contributed by atoms with Crippen LogP contribution in [0.1, 0.15) is 25.3 Å². The summed E-state index contributed by atoms with van der Waals surface area (Å²) in [5.41, 5.74) is 1.23. The van der Waals surface area contributed by atoms with Crippen LogP contribution in [0.5, 0.6) is 0 Å². The first-order valence-electron chi connectivity index (χ1n) is 5.53. The van der Waals surface area contributed by atoms with E-state index in [9.17, 15) is 0 Å². The Morgan fingerprint density at radius 1 is 1.60 bits per heavy atom. The second kappa shape index (κ2) is 4.52. The van der Waals surface area contributed by atoms with Gasteiger partial charge in [0.05, 0.1) is 4.47 Å². The number of rotatable bonds is 4. The minimum atomic E-state index is 0.763. The van der Waals surface area contributed by atoms with Crippen molar-refractivity contribution in [1.82, 2.24) is 4.98 Å². The van der Waals surface area contributed by atoms with Crippen molar-refractivity contribution in [2.24, 2.45) is 11.8 Å². The molecule has 1 atom stereocenters. The van der Waals surface area contributed by atoms with Crippen LogP contribution < -0.4 is 5.32 Å². The van der Waals surface area contributed by atoms with E-state index in [-0.39, 0.29) is 0 Å². The summed E-state index contributed by atoms with van der Waals surface area (Å²) in [5.74, 6) is 2.68. The first-order chi connectivity index (χ1) is 7.18. The van der Waals surface area contributed by atoms with Crippen LogP contribution in [0.3, 0.4) is 0 Å². The van der Waals surface area contributed by atoms with E-state index in [1.165, 1.54) is 18.4 Å². The van der Waals surface area contributed by atoms with Gasteiger partial charge >= 0.3 is 0 Å². The molecule has 0 spiro atoms. The van der Waals surface area contributed by atoms with Gasteiger partial charge in [0, 0.05) is 12.7 Å². The van der Waals surface area contributed by atoms with Gasteiger partial charge in [-0.15, -0.1) is 0 Å². The van der Waals surface area contributed by atoms with Crippen LogP contribution in [0.25, 0.3) is 0 Å². The number of halogens is 1. The predicted molar refractivity (Wildman–Crippen MR) is 67.1 cm³/mol. The molecule has 0 saturated heterocycles. The molecule has 0 bridgehead atoms. The number of nitrogens with zero attached hydrogens (tertiary/aromatic N) is 1. The summed E-state index contributed by atoms with van der Waals surface area (Å²) in [5, 5.41) is 3.42. The van der Waals surface area contributed by atoms with Crippen LogP contribution in [0.2, 0.25) is 0 Å².